The number of hydrogen-bond donors (Lipinski definition) is 2. The largest absolute Gasteiger partial charge is 0.375 e. The predicted octanol–water partition coefficient (Wildman–Crippen LogP) is 0.562. The number of aromatic nitrogens is 2. The van der Waals surface area contributed by atoms with E-state index in [0.717, 1.165) is 70.6 Å². The van der Waals surface area contributed by atoms with Gasteiger partial charge in [-0.2, -0.15) is 0 Å². The molecule has 2 amide bonds. The molecule has 1 spiro atoms. The average molecular weight is 390 g/mol. The highest BCUT2D eigenvalue weighted by molar-refractivity contribution is 5.78. The molecule has 0 unspecified atom stereocenters. The fourth-order valence-electron chi connectivity index (χ4n) is 4.70. The fraction of sp³-hybridized carbons (Fsp3) is 0.750. The zero-order valence-corrected chi connectivity index (χ0v) is 16.5. The number of H-pyrrole nitrogens is 1. The van der Waals surface area contributed by atoms with E-state index >= 15 is 0 Å². The van der Waals surface area contributed by atoms with Gasteiger partial charge in [-0.25, -0.2) is 4.98 Å². The van der Waals surface area contributed by atoms with E-state index in [4.69, 9.17) is 4.74 Å². The van der Waals surface area contributed by atoms with Gasteiger partial charge in [-0.15, -0.1) is 0 Å². The second-order valence-corrected chi connectivity index (χ2v) is 8.42. The molecule has 3 aliphatic rings. The Balaban J connectivity index is 1.27. The summed E-state index contributed by atoms with van der Waals surface area (Å²) in [5.41, 5.74) is 1.23. The summed E-state index contributed by atoms with van der Waals surface area (Å²) in [4.78, 5) is 36.2. The Morgan fingerprint density at radius 1 is 1.32 bits per heavy atom. The van der Waals surface area contributed by atoms with Crippen molar-refractivity contribution in [1.29, 1.82) is 0 Å². The van der Waals surface area contributed by atoms with Crippen molar-refractivity contribution in [2.24, 2.45) is 5.41 Å². The Morgan fingerprint density at radius 2 is 2.18 bits per heavy atom. The van der Waals surface area contributed by atoms with Gasteiger partial charge in [0.25, 0.3) is 0 Å². The molecule has 0 radical (unpaired) electrons. The lowest BCUT2D eigenvalue weighted by atomic mass is 9.72. The fourth-order valence-corrected chi connectivity index (χ4v) is 4.70. The first kappa shape index (κ1) is 19.4. The number of aromatic amines is 1. The molecule has 0 bridgehead atoms. The standard InChI is InChI=1S/C20H31N5O3/c26-18-1-3-20(14-25(18)7-2-16-12-22-15-23-16)4-8-24(9-5-20)19(27)11-17-13-21-6-10-28-17/h12,15,17,21H,1-11,13-14H2,(H,22,23)/t17-/m0/s1. The molecular weight excluding hydrogens is 358 g/mol. The van der Waals surface area contributed by atoms with Gasteiger partial charge in [-0.1, -0.05) is 0 Å². The number of rotatable bonds is 5. The van der Waals surface area contributed by atoms with E-state index in [9.17, 15) is 9.59 Å². The lowest BCUT2D eigenvalue weighted by Crippen LogP contribution is -2.53. The normalized spacial score (nSPS) is 25.3. The number of nitrogens with one attached hydrogen (secondary N) is 2. The van der Waals surface area contributed by atoms with Crippen molar-refractivity contribution in [3.05, 3.63) is 18.2 Å². The molecule has 3 saturated heterocycles. The number of imidazole rings is 1. The van der Waals surface area contributed by atoms with Crippen LogP contribution >= 0.6 is 0 Å². The molecule has 2 N–H and O–H groups in total. The summed E-state index contributed by atoms with van der Waals surface area (Å²) < 4.78 is 5.67. The Labute approximate surface area is 166 Å². The van der Waals surface area contributed by atoms with Gasteiger partial charge in [-0.3, -0.25) is 9.59 Å². The van der Waals surface area contributed by atoms with E-state index in [0.29, 0.717) is 19.4 Å². The summed E-state index contributed by atoms with van der Waals surface area (Å²) >= 11 is 0. The highest BCUT2D eigenvalue weighted by atomic mass is 16.5. The molecule has 3 aliphatic heterocycles. The van der Waals surface area contributed by atoms with Crippen LogP contribution in [0.4, 0.5) is 0 Å². The molecule has 8 nitrogen and oxygen atoms in total. The van der Waals surface area contributed by atoms with Crippen molar-refractivity contribution in [3.63, 3.8) is 0 Å². The first-order valence-corrected chi connectivity index (χ1v) is 10.5. The van der Waals surface area contributed by atoms with Crippen molar-refractivity contribution >= 4 is 11.8 Å². The van der Waals surface area contributed by atoms with Gasteiger partial charge in [0.15, 0.2) is 0 Å². The highest BCUT2D eigenvalue weighted by Crippen LogP contribution is 2.40. The summed E-state index contributed by atoms with van der Waals surface area (Å²) in [6.07, 6.45) is 8.31. The monoisotopic (exact) mass is 389 g/mol. The minimum absolute atomic E-state index is 0.00223. The Kier molecular flexibility index (Phi) is 5.96. The van der Waals surface area contributed by atoms with Gasteiger partial charge in [-0.05, 0) is 24.7 Å². The summed E-state index contributed by atoms with van der Waals surface area (Å²) in [5, 5.41) is 3.28. The number of carbonyl (C=O) groups is 2. The maximum atomic E-state index is 12.6. The van der Waals surface area contributed by atoms with Crippen LogP contribution < -0.4 is 5.32 Å². The van der Waals surface area contributed by atoms with Crippen LogP contribution in [0.5, 0.6) is 0 Å². The van der Waals surface area contributed by atoms with E-state index < -0.39 is 0 Å². The van der Waals surface area contributed by atoms with E-state index in [1.807, 2.05) is 16.0 Å². The SMILES string of the molecule is O=C(C[C@H]1CNCCO1)N1CCC2(CCC(=O)N(CCc3cnc[nH]3)C2)CC1. The van der Waals surface area contributed by atoms with Crippen molar-refractivity contribution in [2.75, 3.05) is 45.9 Å². The molecule has 4 heterocycles. The maximum absolute atomic E-state index is 12.6. The molecule has 154 valence electrons. The van der Waals surface area contributed by atoms with E-state index in [2.05, 4.69) is 15.3 Å². The van der Waals surface area contributed by atoms with Crippen LogP contribution in [-0.4, -0.2) is 83.6 Å². The van der Waals surface area contributed by atoms with Gasteiger partial charge >= 0.3 is 0 Å². The van der Waals surface area contributed by atoms with Gasteiger partial charge in [0.1, 0.15) is 0 Å². The Hall–Kier alpha value is -1.93. The number of morpholine rings is 1. The molecule has 28 heavy (non-hydrogen) atoms. The van der Waals surface area contributed by atoms with Gasteiger partial charge in [0.05, 0.1) is 25.5 Å². The van der Waals surface area contributed by atoms with Crippen molar-refractivity contribution < 1.29 is 14.3 Å². The van der Waals surface area contributed by atoms with Crippen LogP contribution in [0.3, 0.4) is 0 Å². The molecule has 1 aromatic heterocycles. The first-order valence-electron chi connectivity index (χ1n) is 10.5. The van der Waals surface area contributed by atoms with Gasteiger partial charge in [0, 0.05) is 64.0 Å². The highest BCUT2D eigenvalue weighted by Gasteiger charge is 2.41. The molecule has 3 fully saturated rings. The summed E-state index contributed by atoms with van der Waals surface area (Å²) in [6.45, 7) is 5.45. The van der Waals surface area contributed by atoms with Crippen LogP contribution in [-0.2, 0) is 20.7 Å². The van der Waals surface area contributed by atoms with Crippen LogP contribution in [0.15, 0.2) is 12.5 Å². The quantitative estimate of drug-likeness (QED) is 0.768. The zero-order chi connectivity index (χ0) is 19.4. The summed E-state index contributed by atoms with van der Waals surface area (Å²) in [5.74, 6) is 0.456. The van der Waals surface area contributed by atoms with E-state index in [-0.39, 0.29) is 23.3 Å². The third-order valence-electron chi connectivity index (χ3n) is 6.54. The summed E-state index contributed by atoms with van der Waals surface area (Å²) in [6, 6.07) is 0. The smallest absolute Gasteiger partial charge is 0.225 e. The summed E-state index contributed by atoms with van der Waals surface area (Å²) in [7, 11) is 0. The molecule has 0 aliphatic carbocycles. The lowest BCUT2D eigenvalue weighted by molar-refractivity contribution is -0.143. The average Bonchev–Trinajstić information content (AvgIpc) is 3.24. The second kappa shape index (κ2) is 8.61. The number of amides is 2. The minimum atomic E-state index is 0.00223. The lowest BCUT2D eigenvalue weighted by Gasteiger charge is -2.47. The van der Waals surface area contributed by atoms with Crippen molar-refractivity contribution in [3.8, 4) is 0 Å². The maximum Gasteiger partial charge on any atom is 0.225 e. The van der Waals surface area contributed by atoms with E-state index in [1.54, 1.807) is 6.33 Å². The zero-order valence-electron chi connectivity index (χ0n) is 16.5. The molecule has 1 aromatic rings. The predicted molar refractivity (Wildman–Crippen MR) is 104 cm³/mol. The van der Waals surface area contributed by atoms with Gasteiger partial charge < -0.3 is 24.8 Å². The molecule has 8 heteroatoms. The molecule has 1 atom stereocenters. The number of hydrogen-bond acceptors (Lipinski definition) is 5. The van der Waals surface area contributed by atoms with Crippen LogP contribution in [0.25, 0.3) is 0 Å². The number of carbonyl (C=O) groups excluding carboxylic acids is 2. The number of piperidine rings is 2. The number of nitrogens with zero attached hydrogens (tertiary/aromatic N) is 3. The van der Waals surface area contributed by atoms with Gasteiger partial charge in [0.2, 0.25) is 11.8 Å². The van der Waals surface area contributed by atoms with Crippen LogP contribution in [0.1, 0.15) is 37.8 Å². The number of likely N-dealkylation sites (tertiary alicyclic amines) is 2. The van der Waals surface area contributed by atoms with Crippen LogP contribution in [0.2, 0.25) is 0 Å². The van der Waals surface area contributed by atoms with E-state index in [1.165, 1.54) is 0 Å². The second-order valence-electron chi connectivity index (χ2n) is 8.42. The Morgan fingerprint density at radius 3 is 2.89 bits per heavy atom. The minimum Gasteiger partial charge on any atom is -0.375 e. The molecule has 0 saturated carbocycles. The Bertz CT molecular complexity index is 663. The van der Waals surface area contributed by atoms with Crippen LogP contribution in [0, 0.1) is 5.41 Å². The third kappa shape index (κ3) is 4.55. The molecule has 0 aromatic carbocycles. The van der Waals surface area contributed by atoms with Crippen molar-refractivity contribution in [1.82, 2.24) is 25.1 Å². The molecule has 4 rings (SSSR count). The third-order valence-corrected chi connectivity index (χ3v) is 6.54. The topological polar surface area (TPSA) is 90.6 Å². The van der Waals surface area contributed by atoms with Crippen molar-refractivity contribution in [2.45, 2.75) is 44.6 Å². The first-order chi connectivity index (χ1) is 13.6. The molecular formula is C20H31N5O3. The number of ether oxygens (including phenoxy) is 1.